The number of hydrogen-bond donors (Lipinski definition) is 3. The van der Waals surface area contributed by atoms with Crippen LogP contribution in [0.25, 0.3) is 22.6 Å². The van der Waals surface area contributed by atoms with E-state index in [1.165, 1.54) is 6.33 Å². The van der Waals surface area contributed by atoms with Crippen molar-refractivity contribution < 1.29 is 10.2 Å². The molecule has 3 heterocycles. The Morgan fingerprint density at radius 1 is 1.03 bits per heavy atom. The summed E-state index contributed by atoms with van der Waals surface area (Å²) in [5, 5.41) is 22.9. The van der Waals surface area contributed by atoms with E-state index >= 15 is 0 Å². The largest absolute Gasteiger partial charge is 0.395 e. The molecule has 0 atom stereocenters. The molecule has 0 saturated carbocycles. The molecule has 0 spiro atoms. The third-order valence-electron chi connectivity index (χ3n) is 4.30. The van der Waals surface area contributed by atoms with Gasteiger partial charge in [-0.2, -0.15) is 0 Å². The van der Waals surface area contributed by atoms with Gasteiger partial charge in [0.1, 0.15) is 18.0 Å². The maximum absolute atomic E-state index is 9.56. The number of fused-ring (bicyclic) bond motifs is 1. The van der Waals surface area contributed by atoms with Gasteiger partial charge in [-0.3, -0.25) is 0 Å². The minimum absolute atomic E-state index is 0.101. The Hall–Kier alpha value is -2.78. The first-order valence-electron chi connectivity index (χ1n) is 8.71. The molecular weight excluding hydrogens is 415 g/mol. The molecule has 0 aliphatic carbocycles. The number of rotatable bonds is 6. The lowest BCUT2D eigenvalue weighted by molar-refractivity contribution is 0.278. The van der Waals surface area contributed by atoms with Crippen LogP contribution < -0.4 is 5.32 Å². The Kier molecular flexibility index (Phi) is 5.59. The van der Waals surface area contributed by atoms with Crippen molar-refractivity contribution >= 4 is 46.0 Å². The second-order valence-electron chi connectivity index (χ2n) is 6.13. The third kappa shape index (κ3) is 3.75. The minimum atomic E-state index is -0.118. The summed E-state index contributed by atoms with van der Waals surface area (Å²) in [4.78, 5) is 17.5. The van der Waals surface area contributed by atoms with E-state index in [0.29, 0.717) is 49.8 Å². The summed E-state index contributed by atoms with van der Waals surface area (Å²) in [6, 6.07) is 8.62. The number of halogens is 2. The summed E-state index contributed by atoms with van der Waals surface area (Å²) in [6.45, 7) is 0.0339. The monoisotopic (exact) mass is 430 g/mol. The van der Waals surface area contributed by atoms with Gasteiger partial charge in [-0.25, -0.2) is 19.9 Å². The Morgan fingerprint density at radius 2 is 1.83 bits per heavy atom. The first-order chi connectivity index (χ1) is 14.1. The number of aromatic nitrogens is 5. The standard InChI is InChI=1S/C19H16Cl2N6O2/c20-12-2-1-3-13(21)15(12)18-26-16-17(23-10-24-19(16)27(18)6-7-28)25-14-8-11(9-29)4-5-22-14/h1-5,8,10,28-29H,6-7,9H2,(H,22,23,24,25). The van der Waals surface area contributed by atoms with E-state index in [2.05, 4.69) is 25.3 Å². The van der Waals surface area contributed by atoms with Crippen LogP contribution in [0.2, 0.25) is 10.0 Å². The van der Waals surface area contributed by atoms with Gasteiger partial charge in [0.2, 0.25) is 0 Å². The van der Waals surface area contributed by atoms with E-state index in [4.69, 9.17) is 23.2 Å². The van der Waals surface area contributed by atoms with Crippen molar-refractivity contribution in [1.82, 2.24) is 24.5 Å². The number of anilines is 2. The number of nitrogens with one attached hydrogen (secondary N) is 1. The van der Waals surface area contributed by atoms with Crippen molar-refractivity contribution in [3.05, 3.63) is 58.5 Å². The van der Waals surface area contributed by atoms with Crippen molar-refractivity contribution in [2.45, 2.75) is 13.2 Å². The molecule has 29 heavy (non-hydrogen) atoms. The molecule has 0 aliphatic rings. The highest BCUT2D eigenvalue weighted by atomic mass is 35.5. The van der Waals surface area contributed by atoms with Gasteiger partial charge in [0.15, 0.2) is 17.0 Å². The van der Waals surface area contributed by atoms with Gasteiger partial charge in [0.05, 0.1) is 28.8 Å². The molecule has 0 radical (unpaired) electrons. The van der Waals surface area contributed by atoms with Gasteiger partial charge in [-0.15, -0.1) is 0 Å². The van der Waals surface area contributed by atoms with Crippen LogP contribution in [0.1, 0.15) is 5.56 Å². The van der Waals surface area contributed by atoms with Crippen molar-refractivity contribution in [2.24, 2.45) is 0 Å². The molecule has 0 fully saturated rings. The fourth-order valence-electron chi connectivity index (χ4n) is 3.00. The molecule has 4 aromatic rings. The molecule has 8 nitrogen and oxygen atoms in total. The van der Waals surface area contributed by atoms with Gasteiger partial charge in [0.25, 0.3) is 0 Å². The summed E-state index contributed by atoms with van der Waals surface area (Å²) in [7, 11) is 0. The zero-order valence-electron chi connectivity index (χ0n) is 15.0. The van der Waals surface area contributed by atoms with Crippen LogP contribution in [0.15, 0.2) is 42.9 Å². The molecule has 148 valence electrons. The average Bonchev–Trinajstić information content (AvgIpc) is 3.08. The van der Waals surface area contributed by atoms with E-state index in [1.807, 2.05) is 0 Å². The summed E-state index contributed by atoms with van der Waals surface area (Å²) in [5.41, 5.74) is 2.25. The summed E-state index contributed by atoms with van der Waals surface area (Å²) >= 11 is 12.8. The van der Waals surface area contributed by atoms with E-state index in [9.17, 15) is 10.2 Å². The molecule has 10 heteroatoms. The lowest BCUT2D eigenvalue weighted by atomic mass is 10.2. The first kappa shape index (κ1) is 19.5. The van der Waals surface area contributed by atoms with E-state index in [1.54, 1.807) is 41.1 Å². The smallest absolute Gasteiger partial charge is 0.166 e. The van der Waals surface area contributed by atoms with Gasteiger partial charge < -0.3 is 20.1 Å². The molecule has 3 aromatic heterocycles. The number of imidazole rings is 1. The topological polar surface area (TPSA) is 109 Å². The number of aliphatic hydroxyl groups is 2. The summed E-state index contributed by atoms with van der Waals surface area (Å²) < 4.78 is 1.74. The zero-order chi connectivity index (χ0) is 20.4. The van der Waals surface area contributed by atoms with Gasteiger partial charge in [-0.1, -0.05) is 29.3 Å². The Balaban J connectivity index is 1.88. The third-order valence-corrected chi connectivity index (χ3v) is 4.93. The Morgan fingerprint density at radius 3 is 2.55 bits per heavy atom. The zero-order valence-corrected chi connectivity index (χ0v) is 16.6. The summed E-state index contributed by atoms with van der Waals surface area (Å²) in [5.74, 6) is 1.41. The van der Waals surface area contributed by atoms with Gasteiger partial charge in [0, 0.05) is 12.7 Å². The Bertz CT molecular complexity index is 1160. The van der Waals surface area contributed by atoms with E-state index in [-0.39, 0.29) is 19.8 Å². The van der Waals surface area contributed by atoms with Crippen LogP contribution in [0.3, 0.4) is 0 Å². The highest BCUT2D eigenvalue weighted by molar-refractivity contribution is 6.39. The highest BCUT2D eigenvalue weighted by Gasteiger charge is 2.21. The normalized spacial score (nSPS) is 11.2. The van der Waals surface area contributed by atoms with Crippen LogP contribution >= 0.6 is 23.2 Å². The molecule has 1 aromatic carbocycles. The van der Waals surface area contributed by atoms with Crippen molar-refractivity contribution in [3.8, 4) is 11.4 Å². The average molecular weight is 431 g/mol. The maximum Gasteiger partial charge on any atom is 0.166 e. The molecule has 0 aliphatic heterocycles. The van der Waals surface area contributed by atoms with Crippen LogP contribution in [0, 0.1) is 0 Å². The first-order valence-corrected chi connectivity index (χ1v) is 9.47. The number of pyridine rings is 1. The lowest BCUT2D eigenvalue weighted by Crippen LogP contribution is -2.06. The van der Waals surface area contributed by atoms with Crippen molar-refractivity contribution in [2.75, 3.05) is 11.9 Å². The SMILES string of the molecule is OCCn1c(-c2c(Cl)cccc2Cl)nc2c(Nc3cc(CO)ccn3)ncnc21. The lowest BCUT2D eigenvalue weighted by Gasteiger charge is -2.09. The minimum Gasteiger partial charge on any atom is -0.395 e. The quantitative estimate of drug-likeness (QED) is 0.429. The number of aliphatic hydroxyl groups excluding tert-OH is 2. The number of hydrogen-bond acceptors (Lipinski definition) is 7. The predicted molar refractivity (Wildman–Crippen MR) is 111 cm³/mol. The second-order valence-corrected chi connectivity index (χ2v) is 6.95. The van der Waals surface area contributed by atoms with E-state index in [0.717, 1.165) is 0 Å². The molecule has 4 rings (SSSR count). The molecular formula is C19H16Cl2N6O2. The fourth-order valence-corrected chi connectivity index (χ4v) is 3.57. The molecule has 0 amide bonds. The number of benzene rings is 1. The number of nitrogens with zero attached hydrogens (tertiary/aromatic N) is 5. The second kappa shape index (κ2) is 8.30. The van der Waals surface area contributed by atoms with E-state index < -0.39 is 0 Å². The maximum atomic E-state index is 9.56. The van der Waals surface area contributed by atoms with Crippen LogP contribution in [0.4, 0.5) is 11.6 Å². The summed E-state index contributed by atoms with van der Waals surface area (Å²) in [6.07, 6.45) is 2.99. The molecule has 0 saturated heterocycles. The van der Waals surface area contributed by atoms with Crippen LogP contribution in [0.5, 0.6) is 0 Å². The predicted octanol–water partition coefficient (Wildman–Crippen LogP) is 3.42. The molecule has 0 bridgehead atoms. The van der Waals surface area contributed by atoms with Gasteiger partial charge in [-0.05, 0) is 29.8 Å². The molecule has 0 unspecified atom stereocenters. The van der Waals surface area contributed by atoms with Crippen molar-refractivity contribution in [3.63, 3.8) is 0 Å². The van der Waals surface area contributed by atoms with Crippen LogP contribution in [-0.4, -0.2) is 41.3 Å². The van der Waals surface area contributed by atoms with Gasteiger partial charge >= 0.3 is 0 Å². The van der Waals surface area contributed by atoms with Crippen LogP contribution in [-0.2, 0) is 13.2 Å². The fraction of sp³-hybridized carbons (Fsp3) is 0.158. The molecule has 3 N–H and O–H groups in total. The Labute approximate surface area is 175 Å². The van der Waals surface area contributed by atoms with Crippen molar-refractivity contribution in [1.29, 1.82) is 0 Å². The highest BCUT2D eigenvalue weighted by Crippen LogP contribution is 2.36.